The lowest BCUT2D eigenvalue weighted by atomic mass is 10.2. The largest absolute Gasteiger partial charge is 0.325 e. The molecule has 25 heavy (non-hydrogen) atoms. The first-order valence-corrected chi connectivity index (χ1v) is 9.48. The maximum atomic E-state index is 11.7. The van der Waals surface area contributed by atoms with Gasteiger partial charge in [-0.1, -0.05) is 17.3 Å². The van der Waals surface area contributed by atoms with Crippen molar-refractivity contribution in [3.05, 3.63) is 24.5 Å². The van der Waals surface area contributed by atoms with E-state index in [1.807, 2.05) is 6.19 Å². The number of nitriles is 1. The Bertz CT molecular complexity index is 672. The van der Waals surface area contributed by atoms with Gasteiger partial charge in [0, 0.05) is 31.7 Å². The van der Waals surface area contributed by atoms with Crippen LogP contribution in [0.25, 0.3) is 0 Å². The van der Waals surface area contributed by atoms with Crippen LogP contribution < -0.4 is 10.6 Å². The summed E-state index contributed by atoms with van der Waals surface area (Å²) in [6, 6.07) is 3.54. The second kappa shape index (κ2) is 11.4. The van der Waals surface area contributed by atoms with Gasteiger partial charge in [-0.3, -0.25) is 20.1 Å². The Morgan fingerprint density at radius 3 is 2.64 bits per heavy atom. The van der Waals surface area contributed by atoms with Gasteiger partial charge in [-0.15, -0.1) is 0 Å². The predicted octanol–water partition coefficient (Wildman–Crippen LogP) is 1.30. The summed E-state index contributed by atoms with van der Waals surface area (Å²) in [6.45, 7) is 0.535. The Morgan fingerprint density at radius 2 is 2.00 bits per heavy atom. The minimum atomic E-state index is -3.34. The van der Waals surface area contributed by atoms with Crippen molar-refractivity contribution in [3.8, 4) is 6.19 Å². The summed E-state index contributed by atoms with van der Waals surface area (Å²) in [5.74, 6) is 0.434. The van der Waals surface area contributed by atoms with Gasteiger partial charge in [0.15, 0.2) is 6.19 Å². The molecule has 0 aliphatic rings. The summed E-state index contributed by atoms with van der Waals surface area (Å²) in [5, 5.41) is 14.3. The molecule has 0 amide bonds. The number of hydrogen-bond acceptors (Lipinski definition) is 6. The number of sulfonamides is 1. The molecule has 0 aliphatic heterocycles. The Hall–Kier alpha value is -2.22. The van der Waals surface area contributed by atoms with Crippen LogP contribution in [0.5, 0.6) is 0 Å². The van der Waals surface area contributed by atoms with Crippen LogP contribution in [0.2, 0.25) is 0 Å². The van der Waals surface area contributed by atoms with Crippen molar-refractivity contribution in [1.29, 1.82) is 5.26 Å². The molecular formula is C15H24N6O3S. The summed E-state index contributed by atoms with van der Waals surface area (Å²) in [5.41, 5.74) is 0.781. The molecule has 0 aromatic carbocycles. The van der Waals surface area contributed by atoms with E-state index in [0.717, 1.165) is 29.4 Å². The van der Waals surface area contributed by atoms with Gasteiger partial charge in [-0.05, 0) is 25.0 Å². The molecule has 0 spiro atoms. The van der Waals surface area contributed by atoms with Gasteiger partial charge >= 0.3 is 0 Å². The standard InChI is InChI=1S/C15H24N6O3S/c1-21(24-2)25(22,23)12-6-4-3-5-9-18-15(19-13-16)20-14-7-10-17-11-8-14/h7-8,10-11H,3-6,9,12H2,1-2H3,(H2,17,18,19,20). The zero-order valence-electron chi connectivity index (χ0n) is 14.5. The van der Waals surface area contributed by atoms with E-state index in [4.69, 9.17) is 10.1 Å². The molecule has 9 nitrogen and oxygen atoms in total. The van der Waals surface area contributed by atoms with E-state index in [9.17, 15) is 8.42 Å². The van der Waals surface area contributed by atoms with Gasteiger partial charge in [0.1, 0.15) is 0 Å². The van der Waals surface area contributed by atoms with Crippen molar-refractivity contribution in [1.82, 2.24) is 14.8 Å². The van der Waals surface area contributed by atoms with Crippen LogP contribution in [0.1, 0.15) is 25.7 Å². The van der Waals surface area contributed by atoms with Crippen molar-refractivity contribution in [2.24, 2.45) is 4.99 Å². The number of hydroxylamine groups is 1. The van der Waals surface area contributed by atoms with Crippen molar-refractivity contribution in [2.45, 2.75) is 25.7 Å². The number of nitrogens with one attached hydrogen (secondary N) is 2. The zero-order chi connectivity index (χ0) is 18.5. The second-order valence-electron chi connectivity index (χ2n) is 5.15. The molecule has 0 saturated carbocycles. The fourth-order valence-corrected chi connectivity index (χ4v) is 2.97. The number of pyridine rings is 1. The smallest absolute Gasteiger partial charge is 0.235 e. The number of guanidine groups is 1. The summed E-state index contributed by atoms with van der Waals surface area (Å²) in [7, 11) is -0.636. The lowest BCUT2D eigenvalue weighted by Gasteiger charge is -2.13. The molecule has 1 rings (SSSR count). The van der Waals surface area contributed by atoms with Gasteiger partial charge in [0.25, 0.3) is 0 Å². The van der Waals surface area contributed by atoms with Crippen LogP contribution >= 0.6 is 0 Å². The fourth-order valence-electron chi connectivity index (χ4n) is 1.92. The minimum Gasteiger partial charge on any atom is -0.325 e. The summed E-state index contributed by atoms with van der Waals surface area (Å²) >= 11 is 0. The summed E-state index contributed by atoms with van der Waals surface area (Å²) in [4.78, 5) is 12.9. The number of aromatic nitrogens is 1. The highest BCUT2D eigenvalue weighted by atomic mass is 32.2. The average molecular weight is 368 g/mol. The summed E-state index contributed by atoms with van der Waals surface area (Å²) in [6.07, 6.45) is 8.12. The van der Waals surface area contributed by atoms with E-state index >= 15 is 0 Å². The highest BCUT2D eigenvalue weighted by Crippen LogP contribution is 2.06. The minimum absolute atomic E-state index is 0.0610. The zero-order valence-corrected chi connectivity index (χ0v) is 15.3. The van der Waals surface area contributed by atoms with Crippen molar-refractivity contribution < 1.29 is 13.3 Å². The highest BCUT2D eigenvalue weighted by Gasteiger charge is 2.16. The van der Waals surface area contributed by atoms with Crippen molar-refractivity contribution in [2.75, 3.05) is 31.8 Å². The van der Waals surface area contributed by atoms with Crippen molar-refractivity contribution in [3.63, 3.8) is 0 Å². The maximum absolute atomic E-state index is 11.7. The molecule has 0 saturated heterocycles. The Morgan fingerprint density at radius 1 is 1.32 bits per heavy atom. The number of aliphatic imine (C=N–C) groups is 1. The third kappa shape index (κ3) is 8.44. The molecule has 1 aromatic rings. The molecule has 10 heteroatoms. The molecule has 138 valence electrons. The molecule has 0 atom stereocenters. The molecule has 0 unspecified atom stereocenters. The SMILES string of the molecule is CON(C)S(=O)(=O)CCCCCCN=C(NC#N)Nc1ccncc1. The highest BCUT2D eigenvalue weighted by molar-refractivity contribution is 7.88. The van der Waals surface area contributed by atoms with E-state index in [2.05, 4.69) is 20.6 Å². The lowest BCUT2D eigenvalue weighted by molar-refractivity contribution is -0.0258. The molecule has 2 N–H and O–H groups in total. The molecule has 0 radical (unpaired) electrons. The van der Waals surface area contributed by atoms with Gasteiger partial charge in [-0.2, -0.15) is 5.26 Å². The number of anilines is 1. The average Bonchev–Trinajstić information content (AvgIpc) is 2.61. The Kier molecular flexibility index (Phi) is 9.46. The molecule has 0 fully saturated rings. The van der Waals surface area contributed by atoms with Crippen LogP contribution in [-0.4, -0.2) is 50.3 Å². The monoisotopic (exact) mass is 368 g/mol. The normalized spacial score (nSPS) is 12.0. The van der Waals surface area contributed by atoms with Crippen molar-refractivity contribution >= 4 is 21.7 Å². The molecule has 0 aliphatic carbocycles. The van der Waals surface area contributed by atoms with Crippen LogP contribution in [0, 0.1) is 11.5 Å². The first-order valence-electron chi connectivity index (χ1n) is 7.87. The van der Waals surface area contributed by atoms with Crippen LogP contribution in [0.4, 0.5) is 5.69 Å². The maximum Gasteiger partial charge on any atom is 0.235 e. The van der Waals surface area contributed by atoms with E-state index in [1.54, 1.807) is 24.5 Å². The van der Waals surface area contributed by atoms with Gasteiger partial charge in [-0.25, -0.2) is 8.42 Å². The number of unbranched alkanes of at least 4 members (excludes halogenated alkanes) is 3. The third-order valence-electron chi connectivity index (χ3n) is 3.35. The van der Waals surface area contributed by atoms with Crippen LogP contribution in [-0.2, 0) is 14.9 Å². The van der Waals surface area contributed by atoms with Gasteiger partial charge in [0.05, 0.1) is 12.9 Å². The van der Waals surface area contributed by atoms with E-state index < -0.39 is 10.0 Å². The Balaban J connectivity index is 2.29. The first-order chi connectivity index (χ1) is 12.0. The number of hydrogen-bond donors (Lipinski definition) is 2. The third-order valence-corrected chi connectivity index (χ3v) is 5.08. The Labute approximate surface area is 148 Å². The molecule has 0 bridgehead atoms. The quantitative estimate of drug-likeness (QED) is 0.159. The summed E-state index contributed by atoms with van der Waals surface area (Å²) < 4.78 is 24.3. The second-order valence-corrected chi connectivity index (χ2v) is 7.24. The van der Waals surface area contributed by atoms with E-state index in [1.165, 1.54) is 14.2 Å². The number of rotatable bonds is 10. The van der Waals surface area contributed by atoms with Crippen LogP contribution in [0.15, 0.2) is 29.5 Å². The van der Waals surface area contributed by atoms with Gasteiger partial charge in [0.2, 0.25) is 16.0 Å². The van der Waals surface area contributed by atoms with E-state index in [0.29, 0.717) is 18.9 Å². The van der Waals surface area contributed by atoms with E-state index in [-0.39, 0.29) is 5.75 Å². The van der Waals surface area contributed by atoms with Gasteiger partial charge < -0.3 is 5.32 Å². The molecular weight excluding hydrogens is 344 g/mol. The molecule has 1 heterocycles. The number of nitrogens with zero attached hydrogens (tertiary/aromatic N) is 4. The van der Waals surface area contributed by atoms with Crippen LogP contribution in [0.3, 0.4) is 0 Å². The predicted molar refractivity (Wildman–Crippen MR) is 95.9 cm³/mol. The fraction of sp³-hybridized carbons (Fsp3) is 0.533. The lowest BCUT2D eigenvalue weighted by Crippen LogP contribution is -2.28. The first kappa shape index (κ1) is 20.8. The topological polar surface area (TPSA) is 120 Å². The molecule has 1 aromatic heterocycles.